The molecule has 0 aliphatic heterocycles. The number of thiazole rings is 1. The summed E-state index contributed by atoms with van der Waals surface area (Å²) in [5.41, 5.74) is 3.53. The van der Waals surface area contributed by atoms with Crippen molar-refractivity contribution in [3.05, 3.63) is 29.1 Å². The zero-order valence-electron chi connectivity index (χ0n) is 12.9. The van der Waals surface area contributed by atoms with E-state index in [1.165, 1.54) is 11.3 Å². The summed E-state index contributed by atoms with van der Waals surface area (Å²) in [5.74, 6) is -0.552. The van der Waals surface area contributed by atoms with Gasteiger partial charge in [-0.3, -0.25) is 9.59 Å². The maximum absolute atomic E-state index is 11.7. The number of hydrogen-bond acceptors (Lipinski definition) is 4. The molecule has 2 aromatic rings. The van der Waals surface area contributed by atoms with Crippen molar-refractivity contribution >= 4 is 33.4 Å². The van der Waals surface area contributed by atoms with Crippen LogP contribution in [-0.4, -0.2) is 22.9 Å². The number of aryl methyl sites for hydroxylation is 1. The molecule has 6 nitrogen and oxygen atoms in total. The van der Waals surface area contributed by atoms with E-state index in [1.807, 2.05) is 49.7 Å². The number of carbonyl (C=O) groups excluding carboxylic acids is 2. The van der Waals surface area contributed by atoms with Gasteiger partial charge in [0.05, 0.1) is 16.8 Å². The molecule has 2 rings (SSSR count). The van der Waals surface area contributed by atoms with Crippen molar-refractivity contribution in [1.29, 1.82) is 0 Å². The lowest BCUT2D eigenvalue weighted by Gasteiger charge is -2.08. The minimum Gasteiger partial charge on any atom is -0.347 e. The van der Waals surface area contributed by atoms with E-state index < -0.39 is 0 Å². The maximum atomic E-state index is 11.7. The number of amides is 2. The highest BCUT2D eigenvalue weighted by Crippen LogP contribution is 2.14. The molecule has 0 radical (unpaired) electrons. The summed E-state index contributed by atoms with van der Waals surface area (Å²) >= 11 is 1.49. The van der Waals surface area contributed by atoms with Gasteiger partial charge in [0.1, 0.15) is 0 Å². The smallest absolute Gasteiger partial charge is 0.259 e. The SMILES string of the molecule is CCC(C)C(=O)NCC(=O)N/N=c1\sc2ccccc2n1C. The summed E-state index contributed by atoms with van der Waals surface area (Å²) in [6.07, 6.45) is 0.745. The third-order valence-electron chi connectivity index (χ3n) is 3.47. The molecule has 118 valence electrons. The molecule has 0 saturated carbocycles. The molecule has 0 fully saturated rings. The van der Waals surface area contributed by atoms with Gasteiger partial charge in [-0.15, -0.1) is 5.10 Å². The molecule has 1 unspecified atom stereocenters. The number of hydrogen-bond donors (Lipinski definition) is 2. The summed E-state index contributed by atoms with van der Waals surface area (Å²) < 4.78 is 3.01. The molecule has 7 heteroatoms. The molecule has 0 aliphatic rings. The molecule has 0 bridgehead atoms. The van der Waals surface area contributed by atoms with Gasteiger partial charge in [-0.25, -0.2) is 5.43 Å². The average molecular weight is 320 g/mol. The summed E-state index contributed by atoms with van der Waals surface area (Å²) in [6.45, 7) is 3.69. The minimum atomic E-state index is -0.339. The average Bonchev–Trinajstić information content (AvgIpc) is 2.86. The molecule has 1 aromatic heterocycles. The first-order chi connectivity index (χ1) is 10.5. The molecule has 2 N–H and O–H groups in total. The molecule has 1 atom stereocenters. The Morgan fingerprint density at radius 1 is 1.36 bits per heavy atom. The topological polar surface area (TPSA) is 75.5 Å². The van der Waals surface area contributed by atoms with Gasteiger partial charge >= 0.3 is 0 Å². The summed E-state index contributed by atoms with van der Waals surface area (Å²) in [6, 6.07) is 7.93. The van der Waals surface area contributed by atoms with Gasteiger partial charge in [-0.1, -0.05) is 37.3 Å². The lowest BCUT2D eigenvalue weighted by molar-refractivity contribution is -0.128. The van der Waals surface area contributed by atoms with Gasteiger partial charge < -0.3 is 9.88 Å². The van der Waals surface area contributed by atoms with Crippen LogP contribution in [-0.2, 0) is 16.6 Å². The number of benzene rings is 1. The normalized spacial score (nSPS) is 13.1. The predicted octanol–water partition coefficient (Wildman–Crippen LogP) is 1.33. The highest BCUT2D eigenvalue weighted by atomic mass is 32.1. The Kier molecular flexibility index (Phi) is 5.32. The number of nitrogens with zero attached hydrogens (tertiary/aromatic N) is 2. The van der Waals surface area contributed by atoms with Crippen LogP contribution in [0.2, 0.25) is 0 Å². The Morgan fingerprint density at radius 2 is 2.09 bits per heavy atom. The van der Waals surface area contributed by atoms with E-state index in [0.29, 0.717) is 4.80 Å². The van der Waals surface area contributed by atoms with Crippen molar-refractivity contribution < 1.29 is 9.59 Å². The van der Waals surface area contributed by atoms with Crippen LogP contribution in [0.1, 0.15) is 20.3 Å². The lowest BCUT2D eigenvalue weighted by Crippen LogP contribution is -2.38. The molecule has 0 saturated heterocycles. The van der Waals surface area contributed by atoms with Gasteiger partial charge in [0.25, 0.3) is 5.91 Å². The molecular weight excluding hydrogens is 300 g/mol. The maximum Gasteiger partial charge on any atom is 0.259 e. The molecular formula is C15H20N4O2S. The Balaban J connectivity index is 2.00. The van der Waals surface area contributed by atoms with Crippen molar-refractivity contribution in [2.45, 2.75) is 20.3 Å². The van der Waals surface area contributed by atoms with Crippen LogP contribution in [0.3, 0.4) is 0 Å². The largest absolute Gasteiger partial charge is 0.347 e. The Morgan fingerprint density at radius 3 is 2.77 bits per heavy atom. The Labute approximate surface area is 132 Å². The summed E-state index contributed by atoms with van der Waals surface area (Å²) in [5, 5.41) is 6.71. The second kappa shape index (κ2) is 7.22. The zero-order valence-corrected chi connectivity index (χ0v) is 13.7. The van der Waals surface area contributed by atoms with E-state index in [2.05, 4.69) is 15.8 Å². The lowest BCUT2D eigenvalue weighted by atomic mass is 10.1. The molecule has 2 amide bonds. The van der Waals surface area contributed by atoms with E-state index >= 15 is 0 Å². The molecule has 0 spiro atoms. The van der Waals surface area contributed by atoms with E-state index in [9.17, 15) is 9.59 Å². The standard InChI is InChI=1S/C15H20N4O2S/c1-4-10(2)14(21)16-9-13(20)17-18-15-19(3)11-7-5-6-8-12(11)22-15/h5-8,10H,4,9H2,1-3H3,(H,16,21)(H,17,20)/b18-15-. The van der Waals surface area contributed by atoms with Gasteiger partial charge in [0.15, 0.2) is 0 Å². The third kappa shape index (κ3) is 3.73. The van der Waals surface area contributed by atoms with Crippen LogP contribution >= 0.6 is 11.3 Å². The number of fused-ring (bicyclic) bond motifs is 1. The van der Waals surface area contributed by atoms with E-state index in [0.717, 1.165) is 16.6 Å². The van der Waals surface area contributed by atoms with Crippen molar-refractivity contribution in [3.63, 3.8) is 0 Å². The Bertz CT molecular complexity index is 747. The van der Waals surface area contributed by atoms with Crippen LogP contribution in [0.25, 0.3) is 10.2 Å². The first-order valence-corrected chi connectivity index (χ1v) is 7.99. The van der Waals surface area contributed by atoms with Gasteiger partial charge in [-0.2, -0.15) is 0 Å². The van der Waals surface area contributed by atoms with Crippen LogP contribution < -0.4 is 15.5 Å². The highest BCUT2D eigenvalue weighted by molar-refractivity contribution is 7.16. The van der Waals surface area contributed by atoms with Crippen molar-refractivity contribution in [2.24, 2.45) is 18.1 Å². The molecule has 22 heavy (non-hydrogen) atoms. The van der Waals surface area contributed by atoms with Gasteiger partial charge in [0, 0.05) is 13.0 Å². The number of aromatic nitrogens is 1. The first kappa shape index (κ1) is 16.2. The van der Waals surface area contributed by atoms with Crippen LogP contribution in [0.4, 0.5) is 0 Å². The zero-order chi connectivity index (χ0) is 16.1. The number of para-hydroxylation sites is 1. The number of rotatable bonds is 5. The van der Waals surface area contributed by atoms with Crippen LogP contribution in [0.15, 0.2) is 29.4 Å². The summed E-state index contributed by atoms with van der Waals surface area (Å²) in [4.78, 5) is 24.0. The third-order valence-corrected chi connectivity index (χ3v) is 4.59. The van der Waals surface area contributed by atoms with E-state index in [4.69, 9.17) is 0 Å². The Hall–Kier alpha value is -2.15. The quantitative estimate of drug-likeness (QED) is 0.816. The van der Waals surface area contributed by atoms with Gasteiger partial charge in [0.2, 0.25) is 10.7 Å². The summed E-state index contributed by atoms with van der Waals surface area (Å²) in [7, 11) is 1.90. The van der Waals surface area contributed by atoms with Crippen LogP contribution in [0.5, 0.6) is 0 Å². The highest BCUT2D eigenvalue weighted by Gasteiger charge is 2.11. The molecule has 0 aliphatic carbocycles. The van der Waals surface area contributed by atoms with Gasteiger partial charge in [-0.05, 0) is 18.6 Å². The number of nitrogens with one attached hydrogen (secondary N) is 2. The second-order valence-electron chi connectivity index (χ2n) is 5.09. The predicted molar refractivity (Wildman–Crippen MR) is 87.0 cm³/mol. The molecule has 1 aromatic carbocycles. The van der Waals surface area contributed by atoms with Crippen molar-refractivity contribution in [3.8, 4) is 0 Å². The fraction of sp³-hybridized carbons (Fsp3) is 0.400. The first-order valence-electron chi connectivity index (χ1n) is 7.17. The minimum absolute atomic E-state index is 0.0682. The monoisotopic (exact) mass is 320 g/mol. The number of carbonyl (C=O) groups is 2. The fourth-order valence-corrected chi connectivity index (χ4v) is 2.84. The molecule has 1 heterocycles. The van der Waals surface area contributed by atoms with Crippen LogP contribution in [0, 0.1) is 5.92 Å². The van der Waals surface area contributed by atoms with E-state index in [1.54, 1.807) is 0 Å². The van der Waals surface area contributed by atoms with Crippen molar-refractivity contribution in [1.82, 2.24) is 15.3 Å². The fourth-order valence-electron chi connectivity index (χ4n) is 1.86. The van der Waals surface area contributed by atoms with E-state index in [-0.39, 0.29) is 24.3 Å². The van der Waals surface area contributed by atoms with Crippen molar-refractivity contribution in [2.75, 3.05) is 6.54 Å². The second-order valence-corrected chi connectivity index (χ2v) is 6.09.